The molecule has 1 unspecified atom stereocenters. The number of thioether (sulfide) groups is 1. The van der Waals surface area contributed by atoms with E-state index in [-0.39, 0.29) is 6.04 Å². The molecule has 0 heterocycles. The number of aryl methyl sites for hydroxylation is 2. The predicted octanol–water partition coefficient (Wildman–Crippen LogP) is 4.06. The van der Waals surface area contributed by atoms with E-state index in [1.807, 2.05) is 51.3 Å². The van der Waals surface area contributed by atoms with Gasteiger partial charge >= 0.3 is 0 Å². The first-order valence-corrected chi connectivity index (χ1v) is 9.78. The molecule has 22 heavy (non-hydrogen) atoms. The Morgan fingerprint density at radius 1 is 1.05 bits per heavy atom. The summed E-state index contributed by atoms with van der Waals surface area (Å²) < 4.78 is 27.7. The van der Waals surface area contributed by atoms with Crippen LogP contribution in [-0.2, 0) is 10.0 Å². The summed E-state index contributed by atoms with van der Waals surface area (Å²) in [6.07, 6.45) is 1.96. The van der Waals surface area contributed by atoms with Crippen LogP contribution < -0.4 is 4.72 Å². The lowest BCUT2D eigenvalue weighted by molar-refractivity contribution is 0.566. The Balaban J connectivity index is 2.23. The summed E-state index contributed by atoms with van der Waals surface area (Å²) >= 11 is 1.59. The molecular formula is C17H21NO2S2. The average molecular weight is 335 g/mol. The molecule has 0 fully saturated rings. The molecule has 3 nitrogen and oxygen atoms in total. The van der Waals surface area contributed by atoms with Crippen molar-refractivity contribution in [2.75, 3.05) is 6.26 Å². The summed E-state index contributed by atoms with van der Waals surface area (Å²) in [5, 5.41) is 0. The normalized spacial score (nSPS) is 13.1. The summed E-state index contributed by atoms with van der Waals surface area (Å²) in [5.74, 6) is 0. The van der Waals surface area contributed by atoms with Crippen LogP contribution in [0.2, 0.25) is 0 Å². The smallest absolute Gasteiger partial charge is 0.207 e. The van der Waals surface area contributed by atoms with E-state index in [0.29, 0.717) is 4.90 Å². The van der Waals surface area contributed by atoms with E-state index < -0.39 is 10.0 Å². The first-order chi connectivity index (χ1) is 10.3. The summed E-state index contributed by atoms with van der Waals surface area (Å²) in [6.45, 7) is 5.89. The van der Waals surface area contributed by atoms with Crippen LogP contribution in [0.1, 0.15) is 29.7 Å². The fourth-order valence-electron chi connectivity index (χ4n) is 2.43. The number of nitrogens with one attached hydrogen (secondary N) is 1. The SMILES string of the molecule is CSc1ccc(S(=O)(=O)NC(C)c2ccc(C)cc2C)cc1. The summed E-state index contributed by atoms with van der Waals surface area (Å²) in [4.78, 5) is 1.34. The van der Waals surface area contributed by atoms with E-state index in [1.165, 1.54) is 5.56 Å². The van der Waals surface area contributed by atoms with Gasteiger partial charge in [-0.25, -0.2) is 13.1 Å². The van der Waals surface area contributed by atoms with E-state index in [9.17, 15) is 8.42 Å². The van der Waals surface area contributed by atoms with Gasteiger partial charge in [0.1, 0.15) is 0 Å². The molecule has 2 aromatic rings. The zero-order valence-electron chi connectivity index (χ0n) is 13.3. The highest BCUT2D eigenvalue weighted by Crippen LogP contribution is 2.22. The molecule has 0 saturated heterocycles. The van der Waals surface area contributed by atoms with Gasteiger partial charge in [-0.2, -0.15) is 0 Å². The average Bonchev–Trinajstić information content (AvgIpc) is 2.46. The quantitative estimate of drug-likeness (QED) is 0.838. The second-order valence-electron chi connectivity index (χ2n) is 5.38. The molecule has 0 aliphatic heterocycles. The van der Waals surface area contributed by atoms with Gasteiger partial charge in [0.25, 0.3) is 0 Å². The molecule has 0 amide bonds. The maximum absolute atomic E-state index is 12.5. The van der Waals surface area contributed by atoms with E-state index in [2.05, 4.69) is 10.8 Å². The Morgan fingerprint density at radius 2 is 1.68 bits per heavy atom. The van der Waals surface area contributed by atoms with Crippen LogP contribution in [-0.4, -0.2) is 14.7 Å². The molecule has 1 N–H and O–H groups in total. The van der Waals surface area contributed by atoms with Crippen molar-refractivity contribution in [1.82, 2.24) is 4.72 Å². The predicted molar refractivity (Wildman–Crippen MR) is 92.9 cm³/mol. The second kappa shape index (κ2) is 6.86. The largest absolute Gasteiger partial charge is 0.241 e. The molecule has 0 spiro atoms. The van der Waals surface area contributed by atoms with Gasteiger partial charge in [0.05, 0.1) is 4.90 Å². The Hall–Kier alpha value is -1.30. The van der Waals surface area contributed by atoms with E-state index in [1.54, 1.807) is 23.9 Å². The van der Waals surface area contributed by atoms with Crippen LogP contribution in [0.4, 0.5) is 0 Å². The van der Waals surface area contributed by atoms with E-state index in [0.717, 1.165) is 16.0 Å². The third kappa shape index (κ3) is 3.91. The highest BCUT2D eigenvalue weighted by atomic mass is 32.2. The lowest BCUT2D eigenvalue weighted by Crippen LogP contribution is -2.27. The lowest BCUT2D eigenvalue weighted by atomic mass is 10.0. The maximum Gasteiger partial charge on any atom is 0.241 e. The van der Waals surface area contributed by atoms with Crippen molar-refractivity contribution in [2.45, 2.75) is 36.6 Å². The standard InChI is InChI=1S/C17H21NO2S2/c1-12-5-10-17(13(2)11-12)14(3)18-22(19,20)16-8-6-15(21-4)7-9-16/h5-11,14,18H,1-4H3. The first kappa shape index (κ1) is 17.1. The van der Waals surface area contributed by atoms with Gasteiger partial charge in [0, 0.05) is 10.9 Å². The van der Waals surface area contributed by atoms with Crippen LogP contribution in [0.15, 0.2) is 52.3 Å². The molecule has 0 bridgehead atoms. The van der Waals surface area contributed by atoms with Crippen molar-refractivity contribution in [3.05, 3.63) is 59.2 Å². The molecule has 118 valence electrons. The first-order valence-electron chi connectivity index (χ1n) is 7.07. The molecule has 0 aromatic heterocycles. The third-order valence-corrected chi connectivity index (χ3v) is 5.89. The number of sulfonamides is 1. The van der Waals surface area contributed by atoms with E-state index >= 15 is 0 Å². The van der Waals surface area contributed by atoms with Crippen LogP contribution in [0.5, 0.6) is 0 Å². The minimum absolute atomic E-state index is 0.272. The van der Waals surface area contributed by atoms with E-state index in [4.69, 9.17) is 0 Å². The zero-order chi connectivity index (χ0) is 16.3. The minimum atomic E-state index is -3.52. The maximum atomic E-state index is 12.5. The lowest BCUT2D eigenvalue weighted by Gasteiger charge is -2.17. The molecule has 0 saturated carbocycles. The molecule has 0 radical (unpaired) electrons. The third-order valence-electron chi connectivity index (χ3n) is 3.59. The van der Waals surface area contributed by atoms with Crippen molar-refractivity contribution in [3.63, 3.8) is 0 Å². The Bertz CT molecular complexity index is 753. The molecule has 0 aliphatic carbocycles. The highest BCUT2D eigenvalue weighted by Gasteiger charge is 2.19. The fraction of sp³-hybridized carbons (Fsp3) is 0.294. The number of benzene rings is 2. The van der Waals surface area contributed by atoms with Crippen LogP contribution in [0, 0.1) is 13.8 Å². The molecule has 0 aliphatic rings. The van der Waals surface area contributed by atoms with Crippen molar-refractivity contribution in [3.8, 4) is 0 Å². The fourth-order valence-corrected chi connectivity index (χ4v) is 4.06. The van der Waals surface area contributed by atoms with Gasteiger partial charge in [-0.15, -0.1) is 11.8 Å². The van der Waals surface area contributed by atoms with Crippen LogP contribution in [0.3, 0.4) is 0 Å². The van der Waals surface area contributed by atoms with Gasteiger partial charge in [0.15, 0.2) is 0 Å². The van der Waals surface area contributed by atoms with Crippen molar-refractivity contribution in [2.24, 2.45) is 0 Å². The summed E-state index contributed by atoms with van der Waals surface area (Å²) in [6, 6.07) is 12.7. The topological polar surface area (TPSA) is 46.2 Å². The molecule has 5 heteroatoms. The number of rotatable bonds is 5. The van der Waals surface area contributed by atoms with Crippen LogP contribution >= 0.6 is 11.8 Å². The van der Waals surface area contributed by atoms with Crippen molar-refractivity contribution in [1.29, 1.82) is 0 Å². The van der Waals surface area contributed by atoms with Gasteiger partial charge in [-0.1, -0.05) is 23.8 Å². The Morgan fingerprint density at radius 3 is 2.23 bits per heavy atom. The Labute approximate surface area is 137 Å². The van der Waals surface area contributed by atoms with Gasteiger partial charge in [0.2, 0.25) is 10.0 Å². The van der Waals surface area contributed by atoms with Gasteiger partial charge in [-0.3, -0.25) is 0 Å². The zero-order valence-corrected chi connectivity index (χ0v) is 14.9. The number of hydrogen-bond acceptors (Lipinski definition) is 3. The molecule has 2 rings (SSSR count). The highest BCUT2D eigenvalue weighted by molar-refractivity contribution is 7.98. The molecule has 1 atom stereocenters. The van der Waals surface area contributed by atoms with Crippen LogP contribution in [0.25, 0.3) is 0 Å². The van der Waals surface area contributed by atoms with Gasteiger partial charge in [-0.05, 0) is 62.4 Å². The Kier molecular flexibility index (Phi) is 5.32. The second-order valence-corrected chi connectivity index (χ2v) is 7.97. The summed E-state index contributed by atoms with van der Waals surface area (Å²) in [5.41, 5.74) is 3.26. The number of hydrogen-bond donors (Lipinski definition) is 1. The van der Waals surface area contributed by atoms with Crippen molar-refractivity contribution >= 4 is 21.8 Å². The summed E-state index contributed by atoms with van der Waals surface area (Å²) in [7, 11) is -3.52. The monoisotopic (exact) mass is 335 g/mol. The molecular weight excluding hydrogens is 314 g/mol. The van der Waals surface area contributed by atoms with Gasteiger partial charge < -0.3 is 0 Å². The van der Waals surface area contributed by atoms with Crippen molar-refractivity contribution < 1.29 is 8.42 Å². The minimum Gasteiger partial charge on any atom is -0.207 e. The molecule has 2 aromatic carbocycles.